The van der Waals surface area contributed by atoms with Crippen LogP contribution in [0.1, 0.15) is 46.2 Å². The first kappa shape index (κ1) is 24.0. The van der Waals surface area contributed by atoms with Crippen LogP contribution in [0.5, 0.6) is 0 Å². The first-order chi connectivity index (χ1) is 17.9. The highest BCUT2D eigenvalue weighted by Gasteiger charge is 2.46. The number of nitrogens with one attached hydrogen (secondary N) is 1. The van der Waals surface area contributed by atoms with Crippen molar-refractivity contribution in [3.05, 3.63) is 152 Å². The smallest absolute Gasteiger partial charge is 0.269 e. The Morgan fingerprint density at radius 1 is 0.514 bits per heavy atom. The molecule has 1 fully saturated rings. The van der Waals surface area contributed by atoms with Gasteiger partial charge in [-0.05, 0) is 22.3 Å². The summed E-state index contributed by atoms with van der Waals surface area (Å²) in [5.41, 5.74) is 3.10. The van der Waals surface area contributed by atoms with Gasteiger partial charge in [0.2, 0.25) is 0 Å². The Labute approximate surface area is 212 Å². The third kappa shape index (κ3) is 4.74. The third-order valence-electron chi connectivity index (χ3n) is 6.88. The standard InChI is InChI=1S/C29H23N3O5/c33-29-25(19-7-3-1-4-8-19)27(21-11-15-23(16-12-21)31(34)35)30-28(26(29)20-9-5-2-6-10-20)22-13-17-24(18-14-22)32(36)37/h1-18,25-28,30H/t25-,26-,27+,28+/m1/s1. The molecule has 37 heavy (non-hydrogen) atoms. The second kappa shape index (κ2) is 10.1. The zero-order chi connectivity index (χ0) is 25.9. The number of non-ortho nitro benzene ring substituents is 2. The van der Waals surface area contributed by atoms with Crippen molar-refractivity contribution < 1.29 is 14.6 Å². The van der Waals surface area contributed by atoms with Crippen LogP contribution in [-0.2, 0) is 4.79 Å². The van der Waals surface area contributed by atoms with E-state index in [1.165, 1.54) is 24.3 Å². The van der Waals surface area contributed by atoms with Crippen molar-refractivity contribution in [3.8, 4) is 0 Å². The van der Waals surface area contributed by atoms with Gasteiger partial charge in [0.05, 0.1) is 21.7 Å². The predicted molar refractivity (Wildman–Crippen MR) is 138 cm³/mol. The number of carbonyl (C=O) groups excluding carboxylic acids is 1. The van der Waals surface area contributed by atoms with Gasteiger partial charge in [0.25, 0.3) is 11.4 Å². The lowest BCUT2D eigenvalue weighted by molar-refractivity contribution is -0.385. The Morgan fingerprint density at radius 3 is 1.19 bits per heavy atom. The number of benzene rings is 4. The van der Waals surface area contributed by atoms with Crippen LogP contribution in [0.4, 0.5) is 11.4 Å². The molecule has 1 N–H and O–H groups in total. The summed E-state index contributed by atoms with van der Waals surface area (Å²) in [6.07, 6.45) is 0. The summed E-state index contributed by atoms with van der Waals surface area (Å²) in [4.78, 5) is 35.9. The summed E-state index contributed by atoms with van der Waals surface area (Å²) in [7, 11) is 0. The van der Waals surface area contributed by atoms with E-state index in [-0.39, 0.29) is 17.2 Å². The average molecular weight is 494 g/mol. The van der Waals surface area contributed by atoms with E-state index in [1.807, 2.05) is 60.7 Å². The quantitative estimate of drug-likeness (QED) is 0.259. The Kier molecular flexibility index (Phi) is 6.57. The maximum absolute atomic E-state index is 14.4. The maximum atomic E-state index is 14.4. The molecule has 0 bridgehead atoms. The van der Waals surface area contributed by atoms with Gasteiger partial charge in [-0.3, -0.25) is 25.0 Å². The molecule has 184 valence electrons. The van der Waals surface area contributed by atoms with E-state index in [9.17, 15) is 25.0 Å². The molecule has 0 saturated carbocycles. The predicted octanol–water partition coefficient (Wildman–Crippen LogP) is 6.03. The summed E-state index contributed by atoms with van der Waals surface area (Å²) in [5.74, 6) is -1.10. The zero-order valence-corrected chi connectivity index (χ0v) is 19.6. The number of nitrogens with zero attached hydrogens (tertiary/aromatic N) is 2. The van der Waals surface area contributed by atoms with Crippen molar-refractivity contribution in [3.63, 3.8) is 0 Å². The number of hydrogen-bond acceptors (Lipinski definition) is 6. The SMILES string of the molecule is O=C1[C@H](c2ccccc2)[C@H](c2ccc([N+](=O)[O-])cc2)N[C@@H](c2ccc([N+](=O)[O-])cc2)[C@H]1c1ccccc1. The molecule has 1 aliphatic rings. The Hall–Kier alpha value is -4.69. The van der Waals surface area contributed by atoms with Gasteiger partial charge in [0.15, 0.2) is 5.78 Å². The molecule has 0 amide bonds. The number of nitro groups is 2. The van der Waals surface area contributed by atoms with Crippen molar-refractivity contribution >= 4 is 17.2 Å². The zero-order valence-electron chi connectivity index (χ0n) is 19.6. The first-order valence-corrected chi connectivity index (χ1v) is 11.8. The van der Waals surface area contributed by atoms with Crippen molar-refractivity contribution in [2.45, 2.75) is 23.9 Å². The molecule has 8 heteroatoms. The molecule has 1 heterocycles. The molecule has 0 radical (unpaired) electrons. The van der Waals surface area contributed by atoms with Crippen LogP contribution < -0.4 is 5.32 Å². The first-order valence-electron chi connectivity index (χ1n) is 11.8. The van der Waals surface area contributed by atoms with Gasteiger partial charge in [-0.2, -0.15) is 0 Å². The van der Waals surface area contributed by atoms with E-state index < -0.39 is 33.8 Å². The Morgan fingerprint density at radius 2 is 0.865 bits per heavy atom. The molecule has 5 rings (SSSR count). The molecular formula is C29H23N3O5. The molecule has 8 nitrogen and oxygen atoms in total. The van der Waals surface area contributed by atoms with E-state index in [0.29, 0.717) is 0 Å². The monoisotopic (exact) mass is 493 g/mol. The van der Waals surface area contributed by atoms with Gasteiger partial charge < -0.3 is 5.32 Å². The van der Waals surface area contributed by atoms with Gasteiger partial charge >= 0.3 is 0 Å². The number of piperidine rings is 1. The van der Waals surface area contributed by atoms with Crippen LogP contribution in [-0.4, -0.2) is 15.6 Å². The van der Waals surface area contributed by atoms with Crippen molar-refractivity contribution in [2.75, 3.05) is 0 Å². The van der Waals surface area contributed by atoms with E-state index in [4.69, 9.17) is 0 Å². The molecule has 4 aromatic rings. The second-order valence-electron chi connectivity index (χ2n) is 9.00. The molecule has 1 aliphatic heterocycles. The van der Waals surface area contributed by atoms with E-state index in [1.54, 1.807) is 24.3 Å². The van der Waals surface area contributed by atoms with Crippen LogP contribution in [0.25, 0.3) is 0 Å². The topological polar surface area (TPSA) is 115 Å². The molecule has 0 aliphatic carbocycles. The lowest BCUT2D eigenvalue weighted by atomic mass is 9.70. The van der Waals surface area contributed by atoms with Crippen LogP contribution in [0.2, 0.25) is 0 Å². The summed E-state index contributed by atoms with van der Waals surface area (Å²) >= 11 is 0. The van der Waals surface area contributed by atoms with Gasteiger partial charge in [-0.1, -0.05) is 84.9 Å². The van der Waals surface area contributed by atoms with Crippen molar-refractivity contribution in [1.29, 1.82) is 0 Å². The maximum Gasteiger partial charge on any atom is 0.269 e. The fourth-order valence-electron chi connectivity index (χ4n) is 5.13. The van der Waals surface area contributed by atoms with Crippen molar-refractivity contribution in [2.24, 2.45) is 0 Å². The third-order valence-corrected chi connectivity index (χ3v) is 6.88. The Bertz CT molecular complexity index is 1320. The average Bonchev–Trinajstić information content (AvgIpc) is 2.93. The second-order valence-corrected chi connectivity index (χ2v) is 9.00. The minimum Gasteiger partial charge on any atom is -0.301 e. The minimum absolute atomic E-state index is 0.00264. The fourth-order valence-corrected chi connectivity index (χ4v) is 5.13. The van der Waals surface area contributed by atoms with Crippen LogP contribution >= 0.6 is 0 Å². The molecular weight excluding hydrogens is 470 g/mol. The van der Waals surface area contributed by atoms with Gasteiger partial charge in [0.1, 0.15) is 0 Å². The summed E-state index contributed by atoms with van der Waals surface area (Å²) in [5, 5.41) is 26.1. The van der Waals surface area contributed by atoms with E-state index in [0.717, 1.165) is 22.3 Å². The highest BCUT2D eigenvalue weighted by atomic mass is 16.6. The number of carbonyl (C=O) groups is 1. The molecule has 0 spiro atoms. The van der Waals surface area contributed by atoms with Crippen LogP contribution in [0.3, 0.4) is 0 Å². The highest BCUT2D eigenvalue weighted by molar-refractivity contribution is 5.94. The summed E-state index contributed by atoms with van der Waals surface area (Å²) in [6, 6.07) is 30.5. The number of ketones is 1. The normalized spacial score (nSPS) is 21.4. The number of hydrogen-bond donors (Lipinski definition) is 1. The summed E-state index contributed by atoms with van der Waals surface area (Å²) in [6.45, 7) is 0. The number of nitro benzene ring substituents is 2. The fraction of sp³-hybridized carbons (Fsp3) is 0.138. The Balaban J connectivity index is 1.65. The molecule has 4 aromatic carbocycles. The lowest BCUT2D eigenvalue weighted by Crippen LogP contribution is -2.46. The molecule has 0 unspecified atom stereocenters. The van der Waals surface area contributed by atoms with E-state index in [2.05, 4.69) is 5.32 Å². The van der Waals surface area contributed by atoms with E-state index >= 15 is 0 Å². The van der Waals surface area contributed by atoms with Gasteiger partial charge in [-0.15, -0.1) is 0 Å². The molecule has 0 aromatic heterocycles. The van der Waals surface area contributed by atoms with Gasteiger partial charge in [-0.25, -0.2) is 0 Å². The van der Waals surface area contributed by atoms with Crippen LogP contribution in [0.15, 0.2) is 109 Å². The van der Waals surface area contributed by atoms with Crippen molar-refractivity contribution in [1.82, 2.24) is 5.32 Å². The highest BCUT2D eigenvalue weighted by Crippen LogP contribution is 2.47. The van der Waals surface area contributed by atoms with Gasteiger partial charge in [0, 0.05) is 36.3 Å². The minimum atomic E-state index is -0.554. The van der Waals surface area contributed by atoms with Crippen LogP contribution in [0, 0.1) is 20.2 Å². The number of Topliss-reactive ketones (excluding diaryl/α,β-unsaturated/α-hetero) is 1. The molecule has 4 atom stereocenters. The summed E-state index contributed by atoms with van der Waals surface area (Å²) < 4.78 is 0. The molecule has 1 saturated heterocycles. The number of rotatable bonds is 6. The largest absolute Gasteiger partial charge is 0.301 e. The lowest BCUT2D eigenvalue weighted by Gasteiger charge is -2.42.